The third kappa shape index (κ3) is 3.49. The molecule has 1 fully saturated rings. The van der Waals surface area contributed by atoms with E-state index < -0.39 is 18.2 Å². The Balaban J connectivity index is 2.21. The number of carboxylic acid groups (broad SMARTS) is 1. The highest BCUT2D eigenvalue weighted by atomic mass is 32.1. The summed E-state index contributed by atoms with van der Waals surface area (Å²) in [6, 6.07) is 8.32. The van der Waals surface area contributed by atoms with Crippen molar-refractivity contribution in [2.75, 3.05) is 5.32 Å². The standard InChI is InChI=1S/C14H17N3O3S/c1-2-11-16-12(18)8-10(13(19)20)17(11)14(21)15-9-6-4-3-5-7-9/h3-7,10-11H,2,8H2,1H3,(H,15,21)(H,16,18)(H,19,20)/t10-,11-/m0/s1. The normalized spacial score (nSPS) is 21.6. The number of rotatable bonds is 3. The van der Waals surface area contributed by atoms with Gasteiger partial charge >= 0.3 is 5.97 Å². The summed E-state index contributed by atoms with van der Waals surface area (Å²) in [5, 5.41) is 15.4. The minimum Gasteiger partial charge on any atom is -0.480 e. The van der Waals surface area contributed by atoms with Crippen molar-refractivity contribution in [3.05, 3.63) is 30.3 Å². The zero-order valence-electron chi connectivity index (χ0n) is 11.6. The Kier molecular flexibility index (Phi) is 4.74. The second-order valence-electron chi connectivity index (χ2n) is 4.75. The van der Waals surface area contributed by atoms with Gasteiger partial charge in [-0.25, -0.2) is 4.79 Å². The summed E-state index contributed by atoms with van der Waals surface area (Å²) < 4.78 is 0. The molecule has 0 aromatic heterocycles. The lowest BCUT2D eigenvalue weighted by Gasteiger charge is -2.41. The number of benzene rings is 1. The molecule has 112 valence electrons. The maximum atomic E-state index is 11.6. The van der Waals surface area contributed by atoms with Crippen LogP contribution < -0.4 is 10.6 Å². The van der Waals surface area contributed by atoms with Crippen LogP contribution in [0.15, 0.2) is 30.3 Å². The van der Waals surface area contributed by atoms with E-state index in [1.165, 1.54) is 0 Å². The predicted octanol–water partition coefficient (Wildman–Crippen LogP) is 1.39. The van der Waals surface area contributed by atoms with Gasteiger partial charge in [-0.05, 0) is 30.8 Å². The zero-order chi connectivity index (χ0) is 15.4. The Bertz CT molecular complexity index is 550. The van der Waals surface area contributed by atoms with E-state index in [4.69, 9.17) is 12.2 Å². The second kappa shape index (κ2) is 6.53. The Hall–Kier alpha value is -2.15. The minimum atomic E-state index is -1.06. The largest absolute Gasteiger partial charge is 0.480 e. The molecule has 0 aliphatic carbocycles. The van der Waals surface area contributed by atoms with Gasteiger partial charge in [-0.3, -0.25) is 4.79 Å². The Morgan fingerprint density at radius 1 is 1.48 bits per heavy atom. The summed E-state index contributed by atoms with van der Waals surface area (Å²) >= 11 is 5.33. The van der Waals surface area contributed by atoms with Crippen LogP contribution in [0.4, 0.5) is 5.69 Å². The number of amides is 1. The van der Waals surface area contributed by atoms with Crippen molar-refractivity contribution in [2.45, 2.75) is 32.0 Å². The average Bonchev–Trinajstić information content (AvgIpc) is 2.47. The minimum absolute atomic E-state index is 0.109. The molecule has 1 aromatic carbocycles. The fourth-order valence-corrected chi connectivity index (χ4v) is 2.68. The van der Waals surface area contributed by atoms with E-state index in [2.05, 4.69) is 10.6 Å². The number of nitrogens with one attached hydrogen (secondary N) is 2. The van der Waals surface area contributed by atoms with Crippen LogP contribution in [0.5, 0.6) is 0 Å². The van der Waals surface area contributed by atoms with Gasteiger partial charge < -0.3 is 20.6 Å². The lowest BCUT2D eigenvalue weighted by Crippen LogP contribution is -2.63. The summed E-state index contributed by atoms with van der Waals surface area (Å²) in [6.07, 6.45) is 0.0326. The molecular weight excluding hydrogens is 290 g/mol. The van der Waals surface area contributed by atoms with Crippen LogP contribution in [0.3, 0.4) is 0 Å². The second-order valence-corrected chi connectivity index (χ2v) is 5.14. The highest BCUT2D eigenvalue weighted by molar-refractivity contribution is 7.80. The fourth-order valence-electron chi connectivity index (χ4n) is 2.30. The molecular formula is C14H17N3O3S. The number of thiocarbonyl (C=S) groups is 1. The zero-order valence-corrected chi connectivity index (χ0v) is 12.4. The van der Waals surface area contributed by atoms with Crippen LogP contribution in [0.2, 0.25) is 0 Å². The van der Waals surface area contributed by atoms with Gasteiger partial charge in [-0.15, -0.1) is 0 Å². The fraction of sp³-hybridized carbons (Fsp3) is 0.357. The van der Waals surface area contributed by atoms with Gasteiger partial charge in [0.2, 0.25) is 5.91 Å². The Morgan fingerprint density at radius 3 is 2.71 bits per heavy atom. The molecule has 1 heterocycles. The number of hydrogen-bond donors (Lipinski definition) is 3. The molecule has 7 heteroatoms. The summed E-state index contributed by atoms with van der Waals surface area (Å²) in [6.45, 7) is 1.87. The van der Waals surface area contributed by atoms with Crippen molar-refractivity contribution >= 4 is 34.9 Å². The SMILES string of the molecule is CC[C@H]1NC(=O)C[C@@H](C(=O)O)N1C(=S)Nc1ccccc1. The van der Waals surface area contributed by atoms with Crippen LogP contribution in [0, 0.1) is 0 Å². The smallest absolute Gasteiger partial charge is 0.327 e. The first-order valence-electron chi connectivity index (χ1n) is 6.69. The number of nitrogens with zero attached hydrogens (tertiary/aromatic N) is 1. The summed E-state index contributed by atoms with van der Waals surface area (Å²) in [7, 11) is 0. The predicted molar refractivity (Wildman–Crippen MR) is 82.8 cm³/mol. The van der Waals surface area contributed by atoms with Crippen molar-refractivity contribution in [1.82, 2.24) is 10.2 Å². The molecule has 21 heavy (non-hydrogen) atoms. The lowest BCUT2D eigenvalue weighted by molar-refractivity contribution is -0.148. The Morgan fingerprint density at radius 2 is 2.14 bits per heavy atom. The van der Waals surface area contributed by atoms with Crippen LogP contribution in [-0.4, -0.2) is 39.2 Å². The van der Waals surface area contributed by atoms with Crippen molar-refractivity contribution in [1.29, 1.82) is 0 Å². The molecule has 0 saturated carbocycles. The summed E-state index contributed by atoms with van der Waals surface area (Å²) in [5.74, 6) is -1.33. The molecule has 1 amide bonds. The van der Waals surface area contributed by atoms with Gasteiger partial charge in [0.1, 0.15) is 12.2 Å². The molecule has 2 atom stereocenters. The van der Waals surface area contributed by atoms with E-state index in [1.54, 1.807) is 4.90 Å². The molecule has 1 saturated heterocycles. The van der Waals surface area contributed by atoms with Crippen molar-refractivity contribution in [3.63, 3.8) is 0 Å². The first kappa shape index (κ1) is 15.2. The Labute approximate surface area is 128 Å². The van der Waals surface area contributed by atoms with Gasteiger partial charge in [-0.2, -0.15) is 0 Å². The van der Waals surface area contributed by atoms with Gasteiger partial charge in [0.15, 0.2) is 5.11 Å². The molecule has 0 radical (unpaired) electrons. The number of carbonyl (C=O) groups excluding carboxylic acids is 1. The molecule has 1 aliphatic rings. The number of anilines is 1. The van der Waals surface area contributed by atoms with E-state index in [0.29, 0.717) is 11.5 Å². The molecule has 1 aromatic rings. The molecule has 1 aliphatic heterocycles. The highest BCUT2D eigenvalue weighted by Gasteiger charge is 2.39. The van der Waals surface area contributed by atoms with Crippen LogP contribution in [-0.2, 0) is 9.59 Å². The molecule has 2 rings (SSSR count). The molecule has 3 N–H and O–H groups in total. The maximum absolute atomic E-state index is 11.6. The first-order valence-corrected chi connectivity index (χ1v) is 7.10. The van der Waals surface area contributed by atoms with Gasteiger partial charge in [-0.1, -0.05) is 25.1 Å². The molecule has 0 unspecified atom stereocenters. The lowest BCUT2D eigenvalue weighted by atomic mass is 10.1. The number of hydrogen-bond acceptors (Lipinski definition) is 3. The van der Waals surface area contributed by atoms with E-state index in [-0.39, 0.29) is 12.3 Å². The van der Waals surface area contributed by atoms with Crippen LogP contribution >= 0.6 is 12.2 Å². The number of aliphatic carboxylic acids is 1. The van der Waals surface area contributed by atoms with Crippen LogP contribution in [0.1, 0.15) is 19.8 Å². The van der Waals surface area contributed by atoms with Gasteiger partial charge in [0.05, 0.1) is 6.42 Å². The highest BCUT2D eigenvalue weighted by Crippen LogP contribution is 2.19. The van der Waals surface area contributed by atoms with Crippen molar-refractivity contribution in [2.24, 2.45) is 0 Å². The maximum Gasteiger partial charge on any atom is 0.327 e. The summed E-state index contributed by atoms with van der Waals surface area (Å²) in [4.78, 5) is 24.6. The van der Waals surface area contributed by atoms with E-state index in [1.807, 2.05) is 37.3 Å². The van der Waals surface area contributed by atoms with Crippen molar-refractivity contribution < 1.29 is 14.7 Å². The topological polar surface area (TPSA) is 81.7 Å². The van der Waals surface area contributed by atoms with Gasteiger partial charge in [0.25, 0.3) is 0 Å². The average molecular weight is 307 g/mol. The van der Waals surface area contributed by atoms with E-state index in [9.17, 15) is 14.7 Å². The van der Waals surface area contributed by atoms with Gasteiger partial charge in [0, 0.05) is 5.69 Å². The quantitative estimate of drug-likeness (QED) is 0.732. The third-order valence-corrected chi connectivity index (χ3v) is 3.62. The third-order valence-electron chi connectivity index (χ3n) is 3.31. The summed E-state index contributed by atoms with van der Waals surface area (Å²) in [5.41, 5.74) is 0.776. The number of carbonyl (C=O) groups is 2. The van der Waals surface area contributed by atoms with E-state index in [0.717, 1.165) is 5.69 Å². The number of para-hydroxylation sites is 1. The molecule has 0 spiro atoms. The molecule has 6 nitrogen and oxygen atoms in total. The van der Waals surface area contributed by atoms with Crippen LogP contribution in [0.25, 0.3) is 0 Å². The molecule has 0 bridgehead atoms. The first-order chi connectivity index (χ1) is 10.0. The van der Waals surface area contributed by atoms with E-state index >= 15 is 0 Å². The van der Waals surface area contributed by atoms with Crippen molar-refractivity contribution in [3.8, 4) is 0 Å². The monoisotopic (exact) mass is 307 g/mol. The number of carboxylic acids is 1.